The molecule has 0 rings (SSSR count). The molecule has 6 heteroatoms. The lowest BCUT2D eigenvalue weighted by molar-refractivity contribution is -0.166. The molecule has 1 atom stereocenters. The van der Waals surface area contributed by atoms with Crippen molar-refractivity contribution in [1.82, 2.24) is 0 Å². The average molecular weight is 1110 g/mol. The standard InChI is InChI=1S/C74H128O6/c1-4-7-10-13-16-19-22-25-28-31-33-34-35-36-37-38-39-41-43-46-49-52-55-58-61-64-67-73(76)79-70-71(69-78-72(75)66-63-60-57-54-51-48-45-42-30-27-24-21-18-15-12-9-6-3)80-74(77)68-65-62-59-56-53-50-47-44-40-32-29-26-23-20-17-14-11-8-5-2/h8,11,17-18,20-21,26-27,29-30,40,44,50,53,59,62,71H,4-7,9-10,12-16,19,22-25,28,31-39,41-43,45-49,51-52,54-58,60-61,63-70H2,1-3H3/b11-8-,20-17-,21-18-,29-26-,30-27-,44-40-,53-50-,62-59-. The molecule has 0 aromatic rings. The van der Waals surface area contributed by atoms with E-state index in [9.17, 15) is 14.4 Å². The van der Waals surface area contributed by atoms with Gasteiger partial charge in [0.2, 0.25) is 0 Å². The highest BCUT2D eigenvalue weighted by Gasteiger charge is 2.19. The summed E-state index contributed by atoms with van der Waals surface area (Å²) in [6, 6.07) is 0. The van der Waals surface area contributed by atoms with Crippen LogP contribution in [0.1, 0.15) is 335 Å². The quantitative estimate of drug-likeness (QED) is 0.0261. The molecule has 0 heterocycles. The summed E-state index contributed by atoms with van der Waals surface area (Å²) in [5.41, 5.74) is 0. The van der Waals surface area contributed by atoms with E-state index < -0.39 is 12.1 Å². The van der Waals surface area contributed by atoms with Crippen LogP contribution in [0.15, 0.2) is 97.2 Å². The number of hydrogen-bond acceptors (Lipinski definition) is 6. The maximum Gasteiger partial charge on any atom is 0.306 e. The Balaban J connectivity index is 4.39. The van der Waals surface area contributed by atoms with Gasteiger partial charge in [0.25, 0.3) is 0 Å². The van der Waals surface area contributed by atoms with Crippen LogP contribution in [0, 0.1) is 0 Å². The molecular formula is C74H128O6. The van der Waals surface area contributed by atoms with E-state index in [1.807, 2.05) is 6.08 Å². The van der Waals surface area contributed by atoms with E-state index in [2.05, 4.69) is 112 Å². The van der Waals surface area contributed by atoms with Gasteiger partial charge in [-0.1, -0.05) is 323 Å². The van der Waals surface area contributed by atoms with Gasteiger partial charge in [0.15, 0.2) is 6.10 Å². The molecule has 0 aliphatic carbocycles. The van der Waals surface area contributed by atoms with E-state index in [1.165, 1.54) is 199 Å². The van der Waals surface area contributed by atoms with Crippen molar-refractivity contribution < 1.29 is 28.6 Å². The highest BCUT2D eigenvalue weighted by Crippen LogP contribution is 2.17. The molecule has 0 radical (unpaired) electrons. The predicted octanol–water partition coefficient (Wildman–Crippen LogP) is 23.6. The summed E-state index contributed by atoms with van der Waals surface area (Å²) in [6.07, 6.45) is 91.6. The number of unbranched alkanes of at least 4 members (excludes halogenated alkanes) is 35. The number of allylic oxidation sites excluding steroid dienone is 16. The van der Waals surface area contributed by atoms with Gasteiger partial charge in [-0.2, -0.15) is 0 Å². The van der Waals surface area contributed by atoms with Crippen LogP contribution >= 0.6 is 0 Å². The van der Waals surface area contributed by atoms with Gasteiger partial charge in [0, 0.05) is 19.3 Å². The minimum atomic E-state index is -0.823. The minimum absolute atomic E-state index is 0.108. The van der Waals surface area contributed by atoms with Gasteiger partial charge in [0.1, 0.15) is 13.2 Å². The van der Waals surface area contributed by atoms with Crippen LogP contribution in [0.2, 0.25) is 0 Å². The molecule has 0 aromatic heterocycles. The Morgan fingerprint density at radius 1 is 0.263 bits per heavy atom. The number of hydrogen-bond donors (Lipinski definition) is 0. The van der Waals surface area contributed by atoms with Crippen LogP contribution in [0.4, 0.5) is 0 Å². The number of rotatable bonds is 62. The molecule has 80 heavy (non-hydrogen) atoms. The lowest BCUT2D eigenvalue weighted by Gasteiger charge is -2.18. The topological polar surface area (TPSA) is 78.9 Å². The highest BCUT2D eigenvalue weighted by molar-refractivity contribution is 5.71. The van der Waals surface area contributed by atoms with E-state index in [1.54, 1.807) is 0 Å². The fraction of sp³-hybridized carbons (Fsp3) is 0.743. The van der Waals surface area contributed by atoms with Crippen LogP contribution < -0.4 is 0 Å². The molecule has 0 fully saturated rings. The third kappa shape index (κ3) is 65.1. The van der Waals surface area contributed by atoms with Crippen LogP contribution in [-0.2, 0) is 28.6 Å². The average Bonchev–Trinajstić information content (AvgIpc) is 3.46. The molecule has 6 nitrogen and oxygen atoms in total. The minimum Gasteiger partial charge on any atom is -0.462 e. The van der Waals surface area contributed by atoms with Gasteiger partial charge in [0.05, 0.1) is 0 Å². The van der Waals surface area contributed by atoms with E-state index in [-0.39, 0.29) is 31.6 Å². The van der Waals surface area contributed by atoms with Crippen LogP contribution in [0.25, 0.3) is 0 Å². The molecule has 0 N–H and O–H groups in total. The first-order valence-electron chi connectivity index (χ1n) is 34.2. The first-order chi connectivity index (χ1) is 39.5. The van der Waals surface area contributed by atoms with Gasteiger partial charge in [-0.05, 0) is 89.9 Å². The molecule has 0 amide bonds. The predicted molar refractivity (Wildman–Crippen MR) is 348 cm³/mol. The molecule has 460 valence electrons. The lowest BCUT2D eigenvalue weighted by atomic mass is 10.0. The zero-order chi connectivity index (χ0) is 57.8. The summed E-state index contributed by atoms with van der Waals surface area (Å²) < 4.78 is 16.9. The zero-order valence-electron chi connectivity index (χ0n) is 52.8. The molecule has 0 bridgehead atoms. The van der Waals surface area contributed by atoms with Crippen molar-refractivity contribution in [2.75, 3.05) is 13.2 Å². The Labute approximate surface area is 496 Å². The Morgan fingerprint density at radius 2 is 0.512 bits per heavy atom. The maximum atomic E-state index is 12.9. The van der Waals surface area contributed by atoms with Crippen LogP contribution in [-0.4, -0.2) is 37.2 Å². The summed E-state index contributed by atoms with van der Waals surface area (Å²) in [4.78, 5) is 38.4. The van der Waals surface area contributed by atoms with Crippen LogP contribution in [0.3, 0.4) is 0 Å². The Bertz CT molecular complexity index is 1560. The van der Waals surface area contributed by atoms with E-state index in [0.29, 0.717) is 19.3 Å². The monoisotopic (exact) mass is 1110 g/mol. The molecule has 0 saturated carbocycles. The van der Waals surface area contributed by atoms with Crippen molar-refractivity contribution in [3.8, 4) is 0 Å². The smallest absolute Gasteiger partial charge is 0.306 e. The van der Waals surface area contributed by atoms with Gasteiger partial charge in [-0.15, -0.1) is 0 Å². The van der Waals surface area contributed by atoms with Crippen molar-refractivity contribution >= 4 is 17.9 Å². The SMILES string of the molecule is CC/C=C\C/C=C\C/C=C\C/C=C\C/C=C\C/C=C\CCC(=O)OC(COC(=O)CCCCCCCCC/C=C\C/C=C\CCCCC)COC(=O)CCCCCCCCCCCCCCCCCCCCCCCCCCCC. The third-order valence-corrected chi connectivity index (χ3v) is 14.8. The fourth-order valence-corrected chi connectivity index (χ4v) is 9.74. The molecule has 1 unspecified atom stereocenters. The summed E-state index contributed by atoms with van der Waals surface area (Å²) >= 11 is 0. The van der Waals surface area contributed by atoms with E-state index >= 15 is 0 Å². The lowest BCUT2D eigenvalue weighted by Crippen LogP contribution is -2.30. The van der Waals surface area contributed by atoms with Gasteiger partial charge < -0.3 is 14.2 Å². The van der Waals surface area contributed by atoms with Gasteiger partial charge in [-0.25, -0.2) is 0 Å². The largest absolute Gasteiger partial charge is 0.462 e. The fourth-order valence-electron chi connectivity index (χ4n) is 9.74. The number of ether oxygens (including phenoxy) is 3. The highest BCUT2D eigenvalue weighted by atomic mass is 16.6. The Kier molecular flexibility index (Phi) is 64.7. The molecule has 0 spiro atoms. The van der Waals surface area contributed by atoms with Gasteiger partial charge in [-0.3, -0.25) is 14.4 Å². The zero-order valence-corrected chi connectivity index (χ0v) is 52.8. The van der Waals surface area contributed by atoms with Crippen molar-refractivity contribution in [2.45, 2.75) is 341 Å². The summed E-state index contributed by atoms with van der Waals surface area (Å²) in [5, 5.41) is 0. The second-order valence-corrected chi connectivity index (χ2v) is 22.7. The van der Waals surface area contributed by atoms with Crippen molar-refractivity contribution in [3.63, 3.8) is 0 Å². The Morgan fingerprint density at radius 3 is 0.838 bits per heavy atom. The number of carbonyl (C=O) groups is 3. The summed E-state index contributed by atoms with van der Waals surface area (Å²) in [6.45, 7) is 6.48. The molecule has 0 aromatic carbocycles. The molecule has 0 saturated heterocycles. The molecule has 0 aliphatic rings. The molecular weight excluding hydrogens is 985 g/mol. The van der Waals surface area contributed by atoms with Gasteiger partial charge >= 0.3 is 17.9 Å². The molecule has 0 aliphatic heterocycles. The second-order valence-electron chi connectivity index (χ2n) is 22.7. The summed E-state index contributed by atoms with van der Waals surface area (Å²) in [7, 11) is 0. The van der Waals surface area contributed by atoms with Crippen molar-refractivity contribution in [2.24, 2.45) is 0 Å². The summed E-state index contributed by atoms with van der Waals surface area (Å²) in [5.74, 6) is -0.987. The normalized spacial score (nSPS) is 12.7. The van der Waals surface area contributed by atoms with Crippen molar-refractivity contribution in [3.05, 3.63) is 97.2 Å². The Hall–Kier alpha value is -3.67. The number of carbonyl (C=O) groups excluding carboxylic acids is 3. The first kappa shape index (κ1) is 76.3. The number of esters is 3. The van der Waals surface area contributed by atoms with Crippen LogP contribution in [0.5, 0.6) is 0 Å². The maximum absolute atomic E-state index is 12.9. The van der Waals surface area contributed by atoms with E-state index in [4.69, 9.17) is 14.2 Å². The van der Waals surface area contributed by atoms with E-state index in [0.717, 1.165) is 89.9 Å². The first-order valence-corrected chi connectivity index (χ1v) is 34.2. The third-order valence-electron chi connectivity index (χ3n) is 14.8. The van der Waals surface area contributed by atoms with Crippen molar-refractivity contribution in [1.29, 1.82) is 0 Å². The second kappa shape index (κ2) is 67.8.